The summed E-state index contributed by atoms with van der Waals surface area (Å²) in [4.78, 5) is 0. The van der Waals surface area contributed by atoms with E-state index < -0.39 is 6.10 Å². The summed E-state index contributed by atoms with van der Waals surface area (Å²) in [6, 6.07) is 0. The number of hydrogen-bond donors (Lipinski definition) is 2. The van der Waals surface area contributed by atoms with Crippen LogP contribution in [-0.2, 0) is 0 Å². The zero-order valence-corrected chi connectivity index (χ0v) is 5.88. The van der Waals surface area contributed by atoms with Gasteiger partial charge in [0.05, 0.1) is 12.2 Å². The lowest BCUT2D eigenvalue weighted by atomic mass is 10.1. The molecule has 2 atom stereocenters. The second kappa shape index (κ2) is 4.77. The van der Waals surface area contributed by atoms with Gasteiger partial charge < -0.3 is 10.2 Å². The smallest absolute Gasteiger partial charge is 0.0565 e. The number of aliphatic hydroxyl groups excluding tert-OH is 2. The molecule has 0 aromatic heterocycles. The summed E-state index contributed by atoms with van der Waals surface area (Å²) < 4.78 is 0. The van der Waals surface area contributed by atoms with E-state index in [0.717, 1.165) is 12.8 Å². The van der Waals surface area contributed by atoms with E-state index in [1.807, 2.05) is 6.92 Å². The first kappa shape index (κ1) is 8.92. The third-order valence-electron chi connectivity index (χ3n) is 1.17. The van der Waals surface area contributed by atoms with Gasteiger partial charge in [-0.2, -0.15) is 0 Å². The summed E-state index contributed by atoms with van der Waals surface area (Å²) in [7, 11) is 0. The Morgan fingerprint density at radius 3 is 2.33 bits per heavy atom. The van der Waals surface area contributed by atoms with Crippen molar-refractivity contribution in [2.24, 2.45) is 0 Å². The van der Waals surface area contributed by atoms with Crippen LogP contribution in [0.4, 0.5) is 0 Å². The minimum atomic E-state index is -0.619. The first-order valence-corrected chi connectivity index (χ1v) is 3.36. The highest BCUT2D eigenvalue weighted by atomic mass is 16.3. The van der Waals surface area contributed by atoms with E-state index in [2.05, 4.69) is 6.92 Å². The first-order chi connectivity index (χ1) is 4.16. The molecule has 0 fully saturated rings. The van der Waals surface area contributed by atoms with Crippen molar-refractivity contribution in [3.8, 4) is 0 Å². The summed E-state index contributed by atoms with van der Waals surface area (Å²) in [5.41, 5.74) is 0. The van der Waals surface area contributed by atoms with Crippen LogP contribution in [0.25, 0.3) is 0 Å². The molecule has 1 radical (unpaired) electrons. The van der Waals surface area contributed by atoms with Crippen LogP contribution in [0.5, 0.6) is 0 Å². The summed E-state index contributed by atoms with van der Waals surface area (Å²) in [6.07, 6.45) is 1.11. The van der Waals surface area contributed by atoms with Gasteiger partial charge in [0.25, 0.3) is 0 Å². The van der Waals surface area contributed by atoms with Crippen molar-refractivity contribution in [1.29, 1.82) is 0 Å². The van der Waals surface area contributed by atoms with Crippen LogP contribution in [0, 0.1) is 6.92 Å². The number of hydrogen-bond acceptors (Lipinski definition) is 2. The predicted molar refractivity (Wildman–Crippen MR) is 36.9 cm³/mol. The fourth-order valence-corrected chi connectivity index (χ4v) is 0.765. The van der Waals surface area contributed by atoms with Crippen molar-refractivity contribution < 1.29 is 10.2 Å². The topological polar surface area (TPSA) is 40.5 Å². The van der Waals surface area contributed by atoms with Gasteiger partial charge in [-0.15, -0.1) is 0 Å². The molecule has 0 heterocycles. The molecular weight excluding hydrogens is 116 g/mol. The van der Waals surface area contributed by atoms with Crippen molar-refractivity contribution in [1.82, 2.24) is 0 Å². The molecule has 0 amide bonds. The van der Waals surface area contributed by atoms with Crippen LogP contribution >= 0.6 is 0 Å². The number of aliphatic hydroxyl groups is 2. The van der Waals surface area contributed by atoms with Gasteiger partial charge in [-0.3, -0.25) is 0 Å². The minimum absolute atomic E-state index is 0.373. The summed E-state index contributed by atoms with van der Waals surface area (Å²) >= 11 is 0. The highest BCUT2D eigenvalue weighted by molar-refractivity contribution is 4.63. The third kappa shape index (κ3) is 5.80. The predicted octanol–water partition coefficient (Wildman–Crippen LogP) is 0.732. The van der Waals surface area contributed by atoms with E-state index >= 15 is 0 Å². The van der Waals surface area contributed by atoms with Crippen LogP contribution < -0.4 is 0 Å². The fraction of sp³-hybridized carbons (Fsp3) is 0.857. The van der Waals surface area contributed by atoms with Crippen molar-refractivity contribution >= 4 is 0 Å². The molecule has 0 saturated carbocycles. The van der Waals surface area contributed by atoms with Crippen LogP contribution in [0.3, 0.4) is 0 Å². The molecule has 0 aliphatic carbocycles. The zero-order valence-electron chi connectivity index (χ0n) is 5.88. The highest BCUT2D eigenvalue weighted by Gasteiger charge is 2.05. The molecule has 2 nitrogen and oxygen atoms in total. The maximum absolute atomic E-state index is 9.02. The lowest BCUT2D eigenvalue weighted by Crippen LogP contribution is -2.14. The Morgan fingerprint density at radius 2 is 2.00 bits per heavy atom. The van der Waals surface area contributed by atoms with Crippen LogP contribution in [0.1, 0.15) is 26.2 Å². The average molecular weight is 131 g/mol. The molecule has 0 saturated heterocycles. The second-order valence-electron chi connectivity index (χ2n) is 2.33. The van der Waals surface area contributed by atoms with Gasteiger partial charge in [-0.25, -0.2) is 0 Å². The van der Waals surface area contributed by atoms with Gasteiger partial charge in [0.1, 0.15) is 0 Å². The molecule has 0 spiro atoms. The maximum Gasteiger partial charge on any atom is 0.0565 e. The normalized spacial score (nSPS) is 17.3. The average Bonchev–Trinajstić information content (AvgIpc) is 1.63. The Bertz CT molecular complexity index is 61.9. The molecule has 9 heavy (non-hydrogen) atoms. The first-order valence-electron chi connectivity index (χ1n) is 3.36. The fourth-order valence-electron chi connectivity index (χ4n) is 0.765. The lowest BCUT2D eigenvalue weighted by Gasteiger charge is -2.09. The molecule has 2 unspecified atom stereocenters. The van der Waals surface area contributed by atoms with Crippen molar-refractivity contribution in [3.63, 3.8) is 0 Å². The van der Waals surface area contributed by atoms with Crippen LogP contribution in [0.15, 0.2) is 0 Å². The van der Waals surface area contributed by atoms with Gasteiger partial charge in [-0.05, 0) is 19.8 Å². The summed E-state index contributed by atoms with van der Waals surface area (Å²) in [5.74, 6) is 0. The van der Waals surface area contributed by atoms with Gasteiger partial charge >= 0.3 is 0 Å². The standard InChI is InChI=1S/C7H15O2/c1-3-4-7(9)5-6(2)8/h6-9H,2-5H2,1H3. The van der Waals surface area contributed by atoms with Gasteiger partial charge in [0.2, 0.25) is 0 Å². The molecule has 0 aromatic carbocycles. The summed E-state index contributed by atoms with van der Waals surface area (Å²) in [6.45, 7) is 5.35. The lowest BCUT2D eigenvalue weighted by molar-refractivity contribution is 0.0962. The Kier molecular flexibility index (Phi) is 4.72. The van der Waals surface area contributed by atoms with E-state index in [1.165, 1.54) is 0 Å². The Hall–Kier alpha value is -0.0800. The van der Waals surface area contributed by atoms with Crippen LogP contribution in [-0.4, -0.2) is 22.4 Å². The highest BCUT2D eigenvalue weighted by Crippen LogP contribution is 2.03. The van der Waals surface area contributed by atoms with E-state index in [4.69, 9.17) is 10.2 Å². The molecule has 0 aliphatic rings. The number of rotatable bonds is 4. The SMILES string of the molecule is [CH2]C(O)CC(O)CCC. The van der Waals surface area contributed by atoms with Crippen molar-refractivity contribution in [2.75, 3.05) is 0 Å². The molecular formula is C7H15O2. The molecule has 0 bridgehead atoms. The second-order valence-corrected chi connectivity index (χ2v) is 2.33. The molecule has 0 aromatic rings. The van der Waals surface area contributed by atoms with Gasteiger partial charge in [0, 0.05) is 0 Å². The van der Waals surface area contributed by atoms with Crippen molar-refractivity contribution in [3.05, 3.63) is 6.92 Å². The largest absolute Gasteiger partial charge is 0.393 e. The van der Waals surface area contributed by atoms with E-state index in [0.29, 0.717) is 6.42 Å². The molecule has 2 heteroatoms. The van der Waals surface area contributed by atoms with E-state index in [1.54, 1.807) is 0 Å². The van der Waals surface area contributed by atoms with Gasteiger partial charge in [0.15, 0.2) is 0 Å². The minimum Gasteiger partial charge on any atom is -0.393 e. The monoisotopic (exact) mass is 131 g/mol. The molecule has 0 aliphatic heterocycles. The molecule has 55 valence electrons. The quantitative estimate of drug-likeness (QED) is 0.590. The maximum atomic E-state index is 9.02. The molecule has 2 N–H and O–H groups in total. The van der Waals surface area contributed by atoms with E-state index in [-0.39, 0.29) is 6.10 Å². The third-order valence-corrected chi connectivity index (χ3v) is 1.17. The van der Waals surface area contributed by atoms with Gasteiger partial charge in [-0.1, -0.05) is 13.3 Å². The van der Waals surface area contributed by atoms with Crippen LogP contribution in [0.2, 0.25) is 0 Å². The molecule has 0 rings (SSSR count). The zero-order chi connectivity index (χ0) is 7.28. The Labute approximate surface area is 56.5 Å². The Balaban J connectivity index is 3.15. The Morgan fingerprint density at radius 1 is 1.44 bits per heavy atom. The summed E-state index contributed by atoms with van der Waals surface area (Å²) in [5, 5.41) is 17.7. The van der Waals surface area contributed by atoms with Crippen molar-refractivity contribution in [2.45, 2.75) is 38.4 Å². The van der Waals surface area contributed by atoms with E-state index in [9.17, 15) is 0 Å².